The summed E-state index contributed by atoms with van der Waals surface area (Å²) in [5.41, 5.74) is 0.465. The van der Waals surface area contributed by atoms with Crippen molar-refractivity contribution in [2.45, 2.75) is 6.61 Å². The number of halogens is 3. The standard InChI is InChI=1S/C10H7BrF2O/c11-7-3-5-8-4-1-2-6-9(8)14-10(12)13/h1-2,4,6,10H,7H2. The molecule has 1 rings (SSSR count). The molecule has 1 aromatic carbocycles. The molecule has 0 aliphatic carbocycles. The van der Waals surface area contributed by atoms with Crippen LogP contribution in [0.15, 0.2) is 24.3 Å². The number of hydrogen-bond acceptors (Lipinski definition) is 1. The smallest absolute Gasteiger partial charge is 0.387 e. The first kappa shape index (κ1) is 11.0. The van der Waals surface area contributed by atoms with E-state index in [1.165, 1.54) is 6.07 Å². The lowest BCUT2D eigenvalue weighted by Gasteiger charge is -2.05. The van der Waals surface area contributed by atoms with Crippen LogP contribution >= 0.6 is 15.9 Å². The summed E-state index contributed by atoms with van der Waals surface area (Å²) in [6.45, 7) is -2.82. The summed E-state index contributed by atoms with van der Waals surface area (Å²) in [5.74, 6) is 5.54. The van der Waals surface area contributed by atoms with Gasteiger partial charge >= 0.3 is 6.61 Å². The van der Waals surface area contributed by atoms with E-state index in [4.69, 9.17) is 0 Å². The largest absolute Gasteiger partial charge is 0.434 e. The van der Waals surface area contributed by atoms with Crippen LogP contribution < -0.4 is 4.74 Å². The molecule has 0 atom stereocenters. The van der Waals surface area contributed by atoms with Crippen molar-refractivity contribution in [2.24, 2.45) is 0 Å². The molecule has 0 radical (unpaired) electrons. The molecule has 0 unspecified atom stereocenters. The van der Waals surface area contributed by atoms with E-state index in [-0.39, 0.29) is 5.75 Å². The third-order valence-corrected chi connectivity index (χ3v) is 1.67. The van der Waals surface area contributed by atoms with Crippen molar-refractivity contribution in [3.05, 3.63) is 29.8 Å². The van der Waals surface area contributed by atoms with Crippen LogP contribution in [0.5, 0.6) is 5.75 Å². The quantitative estimate of drug-likeness (QED) is 0.587. The van der Waals surface area contributed by atoms with Gasteiger partial charge in [-0.1, -0.05) is 39.9 Å². The van der Waals surface area contributed by atoms with Crippen LogP contribution in [0.2, 0.25) is 0 Å². The molecule has 0 amide bonds. The zero-order chi connectivity index (χ0) is 10.4. The van der Waals surface area contributed by atoms with Gasteiger partial charge in [0.25, 0.3) is 0 Å². The van der Waals surface area contributed by atoms with Gasteiger partial charge in [0.15, 0.2) is 0 Å². The first-order valence-electron chi connectivity index (χ1n) is 3.82. The maximum absolute atomic E-state index is 11.9. The summed E-state index contributed by atoms with van der Waals surface area (Å²) in [4.78, 5) is 0. The number of ether oxygens (including phenoxy) is 1. The Kier molecular flexibility index (Phi) is 4.41. The van der Waals surface area contributed by atoms with Gasteiger partial charge in [0, 0.05) is 0 Å². The van der Waals surface area contributed by atoms with E-state index >= 15 is 0 Å². The van der Waals surface area contributed by atoms with E-state index in [9.17, 15) is 8.78 Å². The lowest BCUT2D eigenvalue weighted by atomic mass is 10.2. The third kappa shape index (κ3) is 3.35. The highest BCUT2D eigenvalue weighted by molar-refractivity contribution is 9.09. The van der Waals surface area contributed by atoms with Crippen LogP contribution in [0.25, 0.3) is 0 Å². The van der Waals surface area contributed by atoms with E-state index in [1.807, 2.05) is 0 Å². The van der Waals surface area contributed by atoms with Crippen molar-refractivity contribution >= 4 is 15.9 Å². The Morgan fingerprint density at radius 2 is 2.07 bits per heavy atom. The molecule has 0 saturated heterocycles. The molecular formula is C10H7BrF2O. The minimum Gasteiger partial charge on any atom is -0.434 e. The monoisotopic (exact) mass is 260 g/mol. The lowest BCUT2D eigenvalue weighted by molar-refractivity contribution is -0.0500. The Bertz CT molecular complexity index is 355. The summed E-state index contributed by atoms with van der Waals surface area (Å²) in [7, 11) is 0. The highest BCUT2D eigenvalue weighted by atomic mass is 79.9. The molecule has 1 nitrogen and oxygen atoms in total. The number of rotatable bonds is 2. The number of benzene rings is 1. The summed E-state index contributed by atoms with van der Waals surface area (Å²) >= 11 is 3.12. The van der Waals surface area contributed by atoms with Crippen LogP contribution in [-0.4, -0.2) is 11.9 Å². The van der Waals surface area contributed by atoms with Gasteiger partial charge in [0.05, 0.1) is 10.9 Å². The fraction of sp³-hybridized carbons (Fsp3) is 0.200. The molecule has 0 bridgehead atoms. The summed E-state index contributed by atoms with van der Waals surface area (Å²) < 4.78 is 28.2. The topological polar surface area (TPSA) is 9.23 Å². The SMILES string of the molecule is FC(F)Oc1ccccc1C#CCBr. The third-order valence-electron chi connectivity index (χ3n) is 1.39. The van der Waals surface area contributed by atoms with Crippen molar-refractivity contribution in [2.75, 3.05) is 5.33 Å². The minimum absolute atomic E-state index is 0.107. The molecule has 0 aliphatic rings. The maximum Gasteiger partial charge on any atom is 0.387 e. The normalized spacial score (nSPS) is 9.43. The van der Waals surface area contributed by atoms with Gasteiger partial charge in [-0.05, 0) is 12.1 Å². The first-order valence-corrected chi connectivity index (χ1v) is 4.95. The van der Waals surface area contributed by atoms with Gasteiger partial charge in [-0.3, -0.25) is 0 Å². The fourth-order valence-electron chi connectivity index (χ4n) is 0.897. The molecular weight excluding hydrogens is 254 g/mol. The molecule has 0 aliphatic heterocycles. The van der Waals surface area contributed by atoms with E-state index in [2.05, 4.69) is 32.5 Å². The van der Waals surface area contributed by atoms with E-state index in [0.29, 0.717) is 10.9 Å². The van der Waals surface area contributed by atoms with Crippen molar-refractivity contribution in [1.29, 1.82) is 0 Å². The predicted molar refractivity (Wildman–Crippen MR) is 53.7 cm³/mol. The molecule has 4 heteroatoms. The van der Waals surface area contributed by atoms with Crippen LogP contribution in [0.4, 0.5) is 8.78 Å². The van der Waals surface area contributed by atoms with Crippen LogP contribution in [0.1, 0.15) is 5.56 Å². The Hall–Kier alpha value is -1.08. The summed E-state index contributed by atoms with van der Waals surface area (Å²) in [6.07, 6.45) is 0. The van der Waals surface area contributed by atoms with Gasteiger partial charge in [0.2, 0.25) is 0 Å². The molecule has 0 fully saturated rings. The molecule has 0 aromatic heterocycles. The highest BCUT2D eigenvalue weighted by Crippen LogP contribution is 2.18. The Labute approximate surface area is 89.2 Å². The second-order valence-corrected chi connectivity index (χ2v) is 2.87. The fourth-order valence-corrected chi connectivity index (χ4v) is 1.04. The van der Waals surface area contributed by atoms with Crippen molar-refractivity contribution in [1.82, 2.24) is 0 Å². The Balaban J connectivity index is 2.91. The van der Waals surface area contributed by atoms with Crippen molar-refractivity contribution in [3.63, 3.8) is 0 Å². The molecule has 0 heterocycles. The van der Waals surface area contributed by atoms with Gasteiger partial charge in [0.1, 0.15) is 5.75 Å². The first-order chi connectivity index (χ1) is 6.74. The number of alkyl halides is 3. The molecule has 1 aromatic rings. The van der Waals surface area contributed by atoms with Crippen molar-refractivity contribution < 1.29 is 13.5 Å². The van der Waals surface area contributed by atoms with Crippen molar-refractivity contribution in [3.8, 4) is 17.6 Å². The Morgan fingerprint density at radius 3 is 2.71 bits per heavy atom. The number of para-hydroxylation sites is 1. The predicted octanol–water partition coefficient (Wildman–Crippen LogP) is 3.03. The summed E-state index contributed by atoms with van der Waals surface area (Å²) in [5, 5.41) is 0.496. The molecule has 0 saturated carbocycles. The molecule has 74 valence electrons. The lowest BCUT2D eigenvalue weighted by Crippen LogP contribution is -2.03. The van der Waals surface area contributed by atoms with E-state index < -0.39 is 6.61 Å². The van der Waals surface area contributed by atoms with E-state index in [0.717, 1.165) is 0 Å². The average molecular weight is 261 g/mol. The van der Waals surface area contributed by atoms with Gasteiger partial charge < -0.3 is 4.74 Å². The molecule has 0 spiro atoms. The molecule has 14 heavy (non-hydrogen) atoms. The van der Waals surface area contributed by atoms with Crippen LogP contribution in [0, 0.1) is 11.8 Å². The zero-order valence-corrected chi connectivity index (χ0v) is 8.72. The second kappa shape index (κ2) is 5.61. The summed E-state index contributed by atoms with van der Waals surface area (Å²) in [6, 6.07) is 6.44. The zero-order valence-electron chi connectivity index (χ0n) is 7.14. The highest BCUT2D eigenvalue weighted by Gasteiger charge is 2.06. The van der Waals surface area contributed by atoms with Gasteiger partial charge in [-0.25, -0.2) is 0 Å². The van der Waals surface area contributed by atoms with Crippen LogP contribution in [0.3, 0.4) is 0 Å². The minimum atomic E-state index is -2.82. The average Bonchev–Trinajstić information content (AvgIpc) is 2.16. The van der Waals surface area contributed by atoms with Gasteiger partial charge in [-0.2, -0.15) is 8.78 Å². The molecule has 0 N–H and O–H groups in total. The van der Waals surface area contributed by atoms with E-state index in [1.54, 1.807) is 18.2 Å². The van der Waals surface area contributed by atoms with Gasteiger partial charge in [-0.15, -0.1) is 0 Å². The second-order valence-electron chi connectivity index (χ2n) is 2.31. The Morgan fingerprint density at radius 1 is 1.36 bits per heavy atom. The maximum atomic E-state index is 11.9. The number of hydrogen-bond donors (Lipinski definition) is 0. The van der Waals surface area contributed by atoms with Crippen LogP contribution in [-0.2, 0) is 0 Å².